The molecule has 0 saturated carbocycles. The maximum atomic E-state index is 13.1. The lowest BCUT2D eigenvalue weighted by molar-refractivity contribution is -0.132. The molecule has 1 aliphatic heterocycles. The molecule has 0 N–H and O–H groups in total. The van der Waals surface area contributed by atoms with Crippen LogP contribution in [0.1, 0.15) is 17.5 Å². The van der Waals surface area contributed by atoms with Gasteiger partial charge < -0.3 is 4.90 Å². The van der Waals surface area contributed by atoms with Crippen LogP contribution < -0.4 is 5.56 Å². The highest BCUT2D eigenvalue weighted by molar-refractivity contribution is 5.79. The molecule has 0 fully saturated rings. The minimum Gasteiger partial charge on any atom is -0.334 e. The standard InChI is InChI=1S/C24H20N4O2/c29-23(13-14-28-24(30)21-11-5-6-12-22(21)25-26-28)27-15-17-7-1-3-9-19(17)20-10-4-2-8-18(20)16-27/h1-12H,13-16H2. The van der Waals surface area contributed by atoms with Gasteiger partial charge in [0, 0.05) is 19.5 Å². The van der Waals surface area contributed by atoms with Crippen molar-refractivity contribution in [2.24, 2.45) is 0 Å². The maximum Gasteiger partial charge on any atom is 0.277 e. The van der Waals surface area contributed by atoms with E-state index in [0.29, 0.717) is 24.0 Å². The quantitative estimate of drug-likeness (QED) is 0.532. The number of rotatable bonds is 3. The second-order valence-electron chi connectivity index (χ2n) is 7.45. The average molecular weight is 396 g/mol. The fourth-order valence-corrected chi connectivity index (χ4v) is 4.01. The van der Waals surface area contributed by atoms with Crippen molar-refractivity contribution in [3.8, 4) is 11.1 Å². The average Bonchev–Trinajstić information content (AvgIpc) is 2.96. The predicted molar refractivity (Wildman–Crippen MR) is 115 cm³/mol. The summed E-state index contributed by atoms with van der Waals surface area (Å²) < 4.78 is 1.28. The number of nitrogens with zero attached hydrogens (tertiary/aromatic N) is 4. The number of fused-ring (bicyclic) bond motifs is 4. The van der Waals surface area contributed by atoms with Crippen LogP contribution in [0.4, 0.5) is 0 Å². The largest absolute Gasteiger partial charge is 0.334 e. The molecule has 1 aliphatic rings. The first-order valence-corrected chi connectivity index (χ1v) is 9.97. The van der Waals surface area contributed by atoms with Crippen molar-refractivity contribution >= 4 is 16.8 Å². The van der Waals surface area contributed by atoms with Crippen LogP contribution in [0.3, 0.4) is 0 Å². The molecular weight excluding hydrogens is 376 g/mol. The Balaban J connectivity index is 1.40. The van der Waals surface area contributed by atoms with Crippen molar-refractivity contribution < 1.29 is 4.79 Å². The zero-order valence-electron chi connectivity index (χ0n) is 16.4. The van der Waals surface area contributed by atoms with E-state index in [1.165, 1.54) is 15.8 Å². The molecule has 1 aromatic heterocycles. The monoisotopic (exact) mass is 396 g/mol. The van der Waals surface area contributed by atoms with Crippen LogP contribution in [0, 0.1) is 0 Å². The molecule has 0 radical (unpaired) electrons. The van der Waals surface area contributed by atoms with Gasteiger partial charge in [-0.2, -0.15) is 0 Å². The predicted octanol–water partition coefficient (Wildman–Crippen LogP) is 3.39. The third kappa shape index (κ3) is 3.26. The molecule has 1 amide bonds. The van der Waals surface area contributed by atoms with Gasteiger partial charge in [0.2, 0.25) is 5.91 Å². The lowest BCUT2D eigenvalue weighted by Gasteiger charge is -2.21. The number of hydrogen-bond donors (Lipinski definition) is 0. The Labute approximate surface area is 173 Å². The number of aromatic nitrogens is 3. The van der Waals surface area contributed by atoms with Crippen molar-refractivity contribution in [1.82, 2.24) is 19.9 Å². The van der Waals surface area contributed by atoms with Gasteiger partial charge in [0.25, 0.3) is 5.56 Å². The van der Waals surface area contributed by atoms with Crippen molar-refractivity contribution in [2.75, 3.05) is 0 Å². The van der Waals surface area contributed by atoms with Crippen molar-refractivity contribution in [3.63, 3.8) is 0 Å². The molecule has 0 bridgehead atoms. The molecule has 0 aliphatic carbocycles. The zero-order valence-corrected chi connectivity index (χ0v) is 16.4. The highest BCUT2D eigenvalue weighted by Gasteiger charge is 2.22. The molecule has 0 spiro atoms. The first kappa shape index (κ1) is 18.2. The second kappa shape index (κ2) is 7.55. The number of hydrogen-bond acceptors (Lipinski definition) is 4. The van der Waals surface area contributed by atoms with Crippen LogP contribution in [-0.2, 0) is 24.4 Å². The van der Waals surface area contributed by atoms with Crippen LogP contribution in [0.15, 0.2) is 77.6 Å². The van der Waals surface area contributed by atoms with Gasteiger partial charge in [-0.05, 0) is 34.4 Å². The number of aryl methyl sites for hydroxylation is 1. The van der Waals surface area contributed by atoms with Gasteiger partial charge in [-0.25, -0.2) is 4.68 Å². The summed E-state index contributed by atoms with van der Waals surface area (Å²) in [6.45, 7) is 1.29. The van der Waals surface area contributed by atoms with E-state index in [1.807, 2.05) is 35.2 Å². The smallest absolute Gasteiger partial charge is 0.277 e. The summed E-state index contributed by atoms with van der Waals surface area (Å²) in [7, 11) is 0. The maximum absolute atomic E-state index is 13.1. The Morgan fingerprint density at radius 2 is 1.43 bits per heavy atom. The Morgan fingerprint density at radius 1 is 0.833 bits per heavy atom. The molecule has 0 unspecified atom stereocenters. The second-order valence-corrected chi connectivity index (χ2v) is 7.45. The van der Waals surface area contributed by atoms with Gasteiger partial charge >= 0.3 is 0 Å². The van der Waals surface area contributed by atoms with E-state index in [2.05, 4.69) is 34.6 Å². The van der Waals surface area contributed by atoms with Crippen LogP contribution in [-0.4, -0.2) is 25.8 Å². The van der Waals surface area contributed by atoms with E-state index >= 15 is 0 Å². The summed E-state index contributed by atoms with van der Waals surface area (Å²) in [5, 5.41) is 8.60. The van der Waals surface area contributed by atoms with E-state index in [0.717, 1.165) is 11.1 Å². The van der Waals surface area contributed by atoms with Crippen LogP contribution in [0.25, 0.3) is 22.0 Å². The van der Waals surface area contributed by atoms with Crippen molar-refractivity contribution in [3.05, 3.63) is 94.3 Å². The lowest BCUT2D eigenvalue weighted by atomic mass is 9.97. The fraction of sp³-hybridized carbons (Fsp3) is 0.167. The highest BCUT2D eigenvalue weighted by atomic mass is 16.2. The molecule has 2 heterocycles. The third-order valence-corrected chi connectivity index (χ3v) is 5.57. The Morgan fingerprint density at radius 3 is 2.13 bits per heavy atom. The van der Waals surface area contributed by atoms with Crippen LogP contribution >= 0.6 is 0 Å². The molecule has 3 aromatic carbocycles. The summed E-state index contributed by atoms with van der Waals surface area (Å²) in [5.41, 5.74) is 4.92. The molecule has 0 saturated heterocycles. The molecule has 6 heteroatoms. The van der Waals surface area contributed by atoms with Crippen molar-refractivity contribution in [2.45, 2.75) is 26.1 Å². The van der Waals surface area contributed by atoms with Gasteiger partial charge in [-0.15, -0.1) is 5.10 Å². The van der Waals surface area contributed by atoms with Crippen molar-refractivity contribution in [1.29, 1.82) is 0 Å². The molecule has 148 valence electrons. The number of benzene rings is 3. The van der Waals surface area contributed by atoms with Gasteiger partial charge in [-0.1, -0.05) is 65.9 Å². The van der Waals surface area contributed by atoms with Crippen LogP contribution in [0.2, 0.25) is 0 Å². The topological polar surface area (TPSA) is 68.1 Å². The normalized spacial score (nSPS) is 12.9. The summed E-state index contributed by atoms with van der Waals surface area (Å²) in [6.07, 6.45) is 0.192. The minimum absolute atomic E-state index is 0.0108. The third-order valence-electron chi connectivity index (χ3n) is 5.57. The number of amides is 1. The number of carbonyl (C=O) groups excluding carboxylic acids is 1. The van der Waals surface area contributed by atoms with E-state index in [-0.39, 0.29) is 24.4 Å². The van der Waals surface area contributed by atoms with Crippen LogP contribution in [0.5, 0.6) is 0 Å². The summed E-state index contributed by atoms with van der Waals surface area (Å²) in [6, 6.07) is 23.5. The Kier molecular flexibility index (Phi) is 4.59. The number of carbonyl (C=O) groups is 1. The first-order chi connectivity index (χ1) is 14.7. The first-order valence-electron chi connectivity index (χ1n) is 9.97. The van der Waals surface area contributed by atoms with Gasteiger partial charge in [0.1, 0.15) is 5.52 Å². The summed E-state index contributed by atoms with van der Waals surface area (Å²) in [5.74, 6) is -0.0108. The van der Waals surface area contributed by atoms with Gasteiger partial charge in [-0.3, -0.25) is 9.59 Å². The molecule has 5 rings (SSSR count). The summed E-state index contributed by atoms with van der Waals surface area (Å²) >= 11 is 0. The Bertz CT molecular complexity index is 1260. The SMILES string of the molecule is O=C(CCn1nnc2ccccc2c1=O)N1Cc2ccccc2-c2ccccc2C1. The van der Waals surface area contributed by atoms with Gasteiger partial charge in [0.15, 0.2) is 0 Å². The summed E-state index contributed by atoms with van der Waals surface area (Å²) in [4.78, 5) is 27.6. The minimum atomic E-state index is -0.222. The molecule has 30 heavy (non-hydrogen) atoms. The Hall–Kier alpha value is -3.80. The lowest BCUT2D eigenvalue weighted by Crippen LogP contribution is -2.32. The van der Waals surface area contributed by atoms with Gasteiger partial charge in [0.05, 0.1) is 11.9 Å². The molecule has 4 aromatic rings. The molecular formula is C24H20N4O2. The fourth-order valence-electron chi connectivity index (χ4n) is 4.01. The molecule has 6 nitrogen and oxygen atoms in total. The van der Waals surface area contributed by atoms with E-state index < -0.39 is 0 Å². The molecule has 0 atom stereocenters. The van der Waals surface area contributed by atoms with E-state index in [1.54, 1.807) is 18.2 Å². The highest BCUT2D eigenvalue weighted by Crippen LogP contribution is 2.32. The van der Waals surface area contributed by atoms with E-state index in [9.17, 15) is 9.59 Å². The van der Waals surface area contributed by atoms with E-state index in [4.69, 9.17) is 0 Å². The zero-order chi connectivity index (χ0) is 20.5.